The van der Waals surface area contributed by atoms with Crippen molar-refractivity contribution in [2.24, 2.45) is 0 Å². The monoisotopic (exact) mass is 222 g/mol. The third kappa shape index (κ3) is 1.95. The van der Waals surface area contributed by atoms with Gasteiger partial charge in [-0.1, -0.05) is 0 Å². The number of rotatable bonds is 3. The minimum atomic E-state index is -0.246. The highest BCUT2D eigenvalue weighted by Crippen LogP contribution is 2.20. The molecule has 0 saturated carbocycles. The maximum atomic E-state index is 11.5. The van der Waals surface area contributed by atoms with Crippen LogP contribution in [0, 0.1) is 0 Å². The molecule has 0 unspecified atom stereocenters. The number of hydrogen-bond donors (Lipinski definition) is 2. The van der Waals surface area contributed by atoms with E-state index in [1.807, 2.05) is 0 Å². The Bertz CT molecular complexity index is 422. The Morgan fingerprint density at radius 1 is 1.38 bits per heavy atom. The van der Waals surface area contributed by atoms with Gasteiger partial charge in [-0.25, -0.2) is 4.79 Å². The van der Waals surface area contributed by atoms with Crippen molar-refractivity contribution in [1.29, 1.82) is 0 Å². The predicted octanol–water partition coefficient (Wildman–Crippen LogP) is 0.262. The van der Waals surface area contributed by atoms with Crippen molar-refractivity contribution in [3.05, 3.63) is 21.7 Å². The molecule has 0 amide bonds. The molecule has 16 heavy (non-hydrogen) atoms. The number of hydrogen-bond acceptors (Lipinski definition) is 4. The Morgan fingerprint density at radius 3 is 2.81 bits per heavy atom. The van der Waals surface area contributed by atoms with Crippen LogP contribution >= 0.6 is 0 Å². The number of H-pyrrole nitrogens is 1. The van der Waals surface area contributed by atoms with Gasteiger partial charge in [-0.15, -0.1) is 0 Å². The Kier molecular flexibility index (Phi) is 3.24. The molecule has 0 bridgehead atoms. The van der Waals surface area contributed by atoms with E-state index in [4.69, 9.17) is 0 Å². The number of aromatic nitrogens is 2. The lowest BCUT2D eigenvalue weighted by atomic mass is 10.1. The number of anilines is 1. The molecule has 88 valence electrons. The quantitative estimate of drug-likeness (QED) is 0.770. The normalized spacial score (nSPS) is 14.6. The van der Waals surface area contributed by atoms with Crippen LogP contribution in [0.3, 0.4) is 0 Å². The predicted molar refractivity (Wildman–Crippen MR) is 63.8 cm³/mol. The van der Waals surface area contributed by atoms with Gasteiger partial charge in [-0.2, -0.15) is 4.98 Å². The number of fused-ring (bicyclic) bond motifs is 1. The third-order valence-electron chi connectivity index (χ3n) is 3.02. The summed E-state index contributed by atoms with van der Waals surface area (Å²) in [6, 6.07) is 0. The summed E-state index contributed by atoms with van der Waals surface area (Å²) in [5, 5.41) is 3.25. The molecule has 5 nitrogen and oxygen atoms in total. The first kappa shape index (κ1) is 11.1. The van der Waals surface area contributed by atoms with Crippen LogP contribution in [0.15, 0.2) is 4.79 Å². The Balaban J connectivity index is 2.50. The fraction of sp³-hybridized carbons (Fsp3) is 0.636. The van der Waals surface area contributed by atoms with Crippen LogP contribution in [0.4, 0.5) is 5.82 Å². The Morgan fingerprint density at radius 2 is 2.12 bits per heavy atom. The average molecular weight is 222 g/mol. The summed E-state index contributed by atoms with van der Waals surface area (Å²) in [4.78, 5) is 20.5. The first-order valence-corrected chi connectivity index (χ1v) is 5.84. The van der Waals surface area contributed by atoms with Crippen molar-refractivity contribution in [1.82, 2.24) is 15.3 Å². The first-order chi connectivity index (χ1) is 7.76. The second kappa shape index (κ2) is 4.65. The lowest BCUT2D eigenvalue weighted by Gasteiger charge is -2.26. The highest BCUT2D eigenvalue weighted by atomic mass is 16.1. The van der Waals surface area contributed by atoms with Gasteiger partial charge in [-0.05, 0) is 26.8 Å². The highest BCUT2D eigenvalue weighted by molar-refractivity contribution is 5.49. The van der Waals surface area contributed by atoms with E-state index in [0.717, 1.165) is 44.1 Å². The van der Waals surface area contributed by atoms with Crippen LogP contribution in [0.5, 0.6) is 0 Å². The first-order valence-electron chi connectivity index (χ1n) is 5.84. The third-order valence-corrected chi connectivity index (χ3v) is 3.02. The van der Waals surface area contributed by atoms with Gasteiger partial charge in [0.2, 0.25) is 0 Å². The SMILES string of the molecule is CCN(CC)c1nc(=O)[nH]c2c1CCNC2. The van der Waals surface area contributed by atoms with Gasteiger partial charge in [0.1, 0.15) is 5.82 Å². The van der Waals surface area contributed by atoms with Crippen molar-refractivity contribution in [2.45, 2.75) is 26.8 Å². The molecule has 5 heteroatoms. The molecule has 1 aliphatic heterocycles. The molecule has 0 spiro atoms. The van der Waals surface area contributed by atoms with Gasteiger partial charge < -0.3 is 15.2 Å². The van der Waals surface area contributed by atoms with Gasteiger partial charge >= 0.3 is 5.69 Å². The second-order valence-electron chi connectivity index (χ2n) is 3.92. The number of nitrogens with one attached hydrogen (secondary N) is 2. The van der Waals surface area contributed by atoms with Crippen LogP contribution in [0.25, 0.3) is 0 Å². The van der Waals surface area contributed by atoms with Crippen molar-refractivity contribution in [3.63, 3.8) is 0 Å². The van der Waals surface area contributed by atoms with Crippen LogP contribution in [0.1, 0.15) is 25.1 Å². The van der Waals surface area contributed by atoms with E-state index in [9.17, 15) is 4.79 Å². The molecule has 1 aromatic heterocycles. The van der Waals surface area contributed by atoms with E-state index in [1.54, 1.807) is 0 Å². The van der Waals surface area contributed by atoms with E-state index >= 15 is 0 Å². The molecule has 0 radical (unpaired) electrons. The summed E-state index contributed by atoms with van der Waals surface area (Å²) in [7, 11) is 0. The Labute approximate surface area is 94.9 Å². The van der Waals surface area contributed by atoms with Crippen molar-refractivity contribution in [3.8, 4) is 0 Å². The molecular formula is C11H18N4O. The molecule has 0 saturated heterocycles. The molecule has 2 N–H and O–H groups in total. The molecule has 0 aliphatic carbocycles. The van der Waals surface area contributed by atoms with Crippen LogP contribution in [-0.2, 0) is 13.0 Å². The van der Waals surface area contributed by atoms with E-state index in [-0.39, 0.29) is 5.69 Å². The summed E-state index contributed by atoms with van der Waals surface area (Å²) in [6.45, 7) is 7.62. The zero-order chi connectivity index (χ0) is 11.5. The molecule has 1 aromatic rings. The topological polar surface area (TPSA) is 61.0 Å². The summed E-state index contributed by atoms with van der Waals surface area (Å²) >= 11 is 0. The van der Waals surface area contributed by atoms with Gasteiger partial charge in [0.05, 0.1) is 0 Å². The number of aromatic amines is 1. The lowest BCUT2D eigenvalue weighted by Crippen LogP contribution is -2.34. The van der Waals surface area contributed by atoms with Gasteiger partial charge in [0.15, 0.2) is 0 Å². The zero-order valence-corrected chi connectivity index (χ0v) is 9.84. The van der Waals surface area contributed by atoms with Crippen LogP contribution in [-0.4, -0.2) is 29.6 Å². The maximum Gasteiger partial charge on any atom is 0.347 e. The Hall–Kier alpha value is -1.36. The smallest absolute Gasteiger partial charge is 0.347 e. The van der Waals surface area contributed by atoms with Crippen LogP contribution in [0.2, 0.25) is 0 Å². The minimum absolute atomic E-state index is 0.246. The summed E-state index contributed by atoms with van der Waals surface area (Å²) in [6.07, 6.45) is 0.935. The summed E-state index contributed by atoms with van der Waals surface area (Å²) in [5.41, 5.74) is 1.94. The highest BCUT2D eigenvalue weighted by Gasteiger charge is 2.18. The maximum absolute atomic E-state index is 11.5. The van der Waals surface area contributed by atoms with E-state index in [2.05, 4.69) is 34.0 Å². The molecule has 0 atom stereocenters. The van der Waals surface area contributed by atoms with Crippen LogP contribution < -0.4 is 15.9 Å². The summed E-state index contributed by atoms with van der Waals surface area (Å²) < 4.78 is 0. The standard InChI is InChI=1S/C11H18N4O/c1-3-15(4-2)10-8-5-6-12-7-9(8)13-11(16)14-10/h12H,3-7H2,1-2H3,(H,13,14,16). The fourth-order valence-corrected chi connectivity index (χ4v) is 2.16. The molecular weight excluding hydrogens is 204 g/mol. The van der Waals surface area contributed by atoms with E-state index in [1.165, 1.54) is 5.56 Å². The molecule has 2 rings (SSSR count). The number of nitrogens with zero attached hydrogens (tertiary/aromatic N) is 2. The zero-order valence-electron chi connectivity index (χ0n) is 9.84. The second-order valence-corrected chi connectivity index (χ2v) is 3.92. The lowest BCUT2D eigenvalue weighted by molar-refractivity contribution is 0.615. The average Bonchev–Trinajstić information content (AvgIpc) is 2.30. The van der Waals surface area contributed by atoms with Crippen molar-refractivity contribution >= 4 is 5.82 Å². The van der Waals surface area contributed by atoms with E-state index in [0.29, 0.717) is 0 Å². The van der Waals surface area contributed by atoms with E-state index < -0.39 is 0 Å². The minimum Gasteiger partial charge on any atom is -0.357 e. The molecule has 2 heterocycles. The van der Waals surface area contributed by atoms with Gasteiger partial charge in [0.25, 0.3) is 0 Å². The largest absolute Gasteiger partial charge is 0.357 e. The fourth-order valence-electron chi connectivity index (χ4n) is 2.16. The van der Waals surface area contributed by atoms with Gasteiger partial charge in [-0.3, -0.25) is 0 Å². The van der Waals surface area contributed by atoms with Gasteiger partial charge in [0, 0.05) is 30.9 Å². The van der Waals surface area contributed by atoms with Crippen molar-refractivity contribution < 1.29 is 0 Å². The molecule has 0 fully saturated rings. The molecule has 0 aromatic carbocycles. The molecule has 1 aliphatic rings. The summed E-state index contributed by atoms with van der Waals surface area (Å²) in [5.74, 6) is 0.866. The van der Waals surface area contributed by atoms with Crippen molar-refractivity contribution in [2.75, 3.05) is 24.5 Å².